The van der Waals surface area contributed by atoms with Gasteiger partial charge < -0.3 is 14.4 Å². The summed E-state index contributed by atoms with van der Waals surface area (Å²) in [6.07, 6.45) is -0.551. The Morgan fingerprint density at radius 2 is 1.90 bits per heavy atom. The summed E-state index contributed by atoms with van der Waals surface area (Å²) in [5, 5.41) is 6.50. The largest absolute Gasteiger partial charge is 0.573 e. The first-order valence-electron chi connectivity index (χ1n) is 13.3. The summed E-state index contributed by atoms with van der Waals surface area (Å²) in [4.78, 5) is 40.3. The molecule has 2 saturated heterocycles. The molecule has 10 nitrogen and oxygen atoms in total. The number of alkyl halides is 3. The van der Waals surface area contributed by atoms with Crippen molar-refractivity contribution in [3.05, 3.63) is 71.3 Å². The van der Waals surface area contributed by atoms with E-state index in [4.69, 9.17) is 4.74 Å². The van der Waals surface area contributed by atoms with E-state index < -0.39 is 29.9 Å². The predicted molar refractivity (Wildman–Crippen MR) is 137 cm³/mol. The van der Waals surface area contributed by atoms with Crippen molar-refractivity contribution >= 4 is 17.7 Å². The number of aromatic nitrogens is 2. The van der Waals surface area contributed by atoms with Crippen LogP contribution in [-0.2, 0) is 22.7 Å². The second kappa shape index (κ2) is 10.7. The highest BCUT2D eigenvalue weighted by atomic mass is 19.4. The van der Waals surface area contributed by atoms with Gasteiger partial charge in [-0.25, -0.2) is 9.07 Å². The normalized spacial score (nSPS) is 21.0. The van der Waals surface area contributed by atoms with Crippen molar-refractivity contribution in [2.45, 2.75) is 50.9 Å². The molecular formula is C28H25F4N5O5. The molecule has 0 spiro atoms. The molecule has 4 heterocycles. The van der Waals surface area contributed by atoms with Crippen molar-refractivity contribution in [2.24, 2.45) is 0 Å². The number of likely N-dealkylation sites (tertiary alicyclic amines) is 1. The van der Waals surface area contributed by atoms with E-state index in [2.05, 4.69) is 20.1 Å². The number of carbonyl (C=O) groups is 3. The minimum absolute atomic E-state index is 0.100. The molecule has 3 aliphatic heterocycles. The van der Waals surface area contributed by atoms with Crippen LogP contribution in [0.15, 0.2) is 48.8 Å². The molecule has 1 N–H and O–H groups in total. The van der Waals surface area contributed by atoms with E-state index in [1.165, 1.54) is 15.6 Å². The number of rotatable bonds is 7. The average Bonchev–Trinajstić information content (AvgIpc) is 3.65. The van der Waals surface area contributed by atoms with Crippen LogP contribution in [-0.4, -0.2) is 68.9 Å². The number of carbonyl (C=O) groups excluding carboxylic acids is 3. The quantitative estimate of drug-likeness (QED) is 0.334. The Morgan fingerprint density at radius 3 is 2.67 bits per heavy atom. The van der Waals surface area contributed by atoms with Gasteiger partial charge in [0, 0.05) is 56.0 Å². The molecule has 42 heavy (non-hydrogen) atoms. The average molecular weight is 588 g/mol. The third-order valence-electron chi connectivity index (χ3n) is 7.47. The van der Waals surface area contributed by atoms with Crippen LogP contribution in [0.3, 0.4) is 0 Å². The van der Waals surface area contributed by atoms with Crippen LogP contribution in [0.2, 0.25) is 0 Å². The molecule has 6 rings (SSSR count). The van der Waals surface area contributed by atoms with Crippen molar-refractivity contribution < 1.29 is 41.4 Å². The van der Waals surface area contributed by atoms with Crippen LogP contribution in [0, 0.1) is 5.82 Å². The second-order valence-corrected chi connectivity index (χ2v) is 10.4. The number of hydrogen-bond donors (Lipinski definition) is 1. The molecule has 1 aromatic heterocycles. The molecule has 0 radical (unpaired) electrons. The highest BCUT2D eigenvalue weighted by Crippen LogP contribution is 2.31. The van der Waals surface area contributed by atoms with Gasteiger partial charge in [-0.2, -0.15) is 5.10 Å². The lowest BCUT2D eigenvalue weighted by Gasteiger charge is -2.29. The molecule has 0 bridgehead atoms. The third kappa shape index (κ3) is 5.79. The number of ether oxygens (including phenoxy) is 2. The minimum Gasteiger partial charge on any atom is -0.489 e. The highest BCUT2D eigenvalue weighted by Gasteiger charge is 2.39. The molecule has 2 fully saturated rings. The van der Waals surface area contributed by atoms with Gasteiger partial charge in [-0.05, 0) is 48.7 Å². The predicted octanol–water partition coefficient (Wildman–Crippen LogP) is 3.32. The summed E-state index contributed by atoms with van der Waals surface area (Å²) < 4.78 is 62.6. The van der Waals surface area contributed by atoms with Gasteiger partial charge >= 0.3 is 6.36 Å². The van der Waals surface area contributed by atoms with Crippen LogP contribution in [0.4, 0.5) is 17.6 Å². The molecule has 2 unspecified atom stereocenters. The summed E-state index contributed by atoms with van der Waals surface area (Å²) >= 11 is 0. The maximum absolute atomic E-state index is 14.1. The fourth-order valence-corrected chi connectivity index (χ4v) is 5.53. The highest BCUT2D eigenvalue weighted by molar-refractivity contribution is 6.05. The molecule has 2 atom stereocenters. The van der Waals surface area contributed by atoms with E-state index >= 15 is 0 Å². The number of benzene rings is 2. The van der Waals surface area contributed by atoms with Gasteiger partial charge in [0.1, 0.15) is 17.9 Å². The van der Waals surface area contributed by atoms with Crippen molar-refractivity contribution in [2.75, 3.05) is 13.1 Å². The number of piperidine rings is 1. The lowest BCUT2D eigenvalue weighted by Crippen LogP contribution is -2.52. The fraction of sp³-hybridized carbons (Fsp3) is 0.357. The molecule has 14 heteroatoms. The summed E-state index contributed by atoms with van der Waals surface area (Å²) in [6, 6.07) is 7.69. The van der Waals surface area contributed by atoms with Gasteiger partial charge in [-0.15, -0.1) is 13.2 Å². The molecular weight excluding hydrogens is 562 g/mol. The zero-order chi connectivity index (χ0) is 29.6. The Hall–Kier alpha value is -4.46. The number of imide groups is 1. The van der Waals surface area contributed by atoms with E-state index in [-0.39, 0.29) is 36.6 Å². The Bertz CT molecular complexity index is 1560. The molecule has 0 aliphatic carbocycles. The van der Waals surface area contributed by atoms with Crippen LogP contribution in [0.1, 0.15) is 40.7 Å². The summed E-state index contributed by atoms with van der Waals surface area (Å²) in [7, 11) is 0. The standard InChI is InChI=1S/C28H25F4N5O5/c29-22-10-18(1-5-24(22)42-28(30,31)32)37-13-16(11-33-37)12-35-8-7-20(15-35)41-19-2-3-21-17(9-19)14-36(27(21)40)23-4-6-25(38)34-26(23)39/h1-3,5,9-11,13,20,23H,4,6-8,12,14-15H2,(H,34,38,39). The lowest BCUT2D eigenvalue weighted by atomic mass is 10.0. The Kier molecular flexibility index (Phi) is 7.09. The van der Waals surface area contributed by atoms with E-state index in [9.17, 15) is 31.9 Å². The minimum atomic E-state index is -4.99. The monoisotopic (exact) mass is 587 g/mol. The maximum atomic E-state index is 14.1. The number of amides is 3. The van der Waals surface area contributed by atoms with Gasteiger partial charge in [-0.3, -0.25) is 24.6 Å². The Morgan fingerprint density at radius 1 is 1.07 bits per heavy atom. The third-order valence-corrected chi connectivity index (χ3v) is 7.47. The van der Waals surface area contributed by atoms with E-state index in [0.717, 1.165) is 36.2 Å². The Balaban J connectivity index is 1.04. The van der Waals surface area contributed by atoms with Crippen LogP contribution in [0.5, 0.6) is 11.5 Å². The maximum Gasteiger partial charge on any atom is 0.573 e. The van der Waals surface area contributed by atoms with Crippen LogP contribution < -0.4 is 14.8 Å². The molecule has 2 aromatic carbocycles. The van der Waals surface area contributed by atoms with Crippen molar-refractivity contribution in [1.82, 2.24) is 24.9 Å². The number of hydrogen-bond acceptors (Lipinski definition) is 7. The van der Waals surface area contributed by atoms with Gasteiger partial charge in [0.2, 0.25) is 11.8 Å². The zero-order valence-electron chi connectivity index (χ0n) is 22.1. The number of nitrogens with one attached hydrogen (secondary N) is 1. The van der Waals surface area contributed by atoms with E-state index in [1.807, 2.05) is 6.07 Å². The first-order chi connectivity index (χ1) is 20.0. The molecule has 220 valence electrons. The van der Waals surface area contributed by atoms with Gasteiger partial charge in [-0.1, -0.05) is 0 Å². The number of halogens is 4. The summed E-state index contributed by atoms with van der Waals surface area (Å²) in [5.41, 5.74) is 2.36. The first kappa shape index (κ1) is 27.7. The van der Waals surface area contributed by atoms with Crippen molar-refractivity contribution in [1.29, 1.82) is 0 Å². The van der Waals surface area contributed by atoms with Crippen molar-refractivity contribution in [3.63, 3.8) is 0 Å². The smallest absolute Gasteiger partial charge is 0.489 e. The zero-order valence-corrected chi connectivity index (χ0v) is 22.1. The number of fused-ring (bicyclic) bond motifs is 1. The van der Waals surface area contributed by atoms with Crippen LogP contribution in [0.25, 0.3) is 5.69 Å². The molecule has 3 aromatic rings. The van der Waals surface area contributed by atoms with E-state index in [1.54, 1.807) is 24.5 Å². The van der Waals surface area contributed by atoms with Gasteiger partial charge in [0.15, 0.2) is 11.6 Å². The van der Waals surface area contributed by atoms with Gasteiger partial charge in [0.25, 0.3) is 5.91 Å². The van der Waals surface area contributed by atoms with Gasteiger partial charge in [0.05, 0.1) is 11.9 Å². The number of nitrogens with zero attached hydrogens (tertiary/aromatic N) is 4. The molecule has 3 aliphatic rings. The summed E-state index contributed by atoms with van der Waals surface area (Å²) in [6.45, 7) is 2.18. The fourth-order valence-electron chi connectivity index (χ4n) is 5.53. The lowest BCUT2D eigenvalue weighted by molar-refractivity contribution is -0.275. The molecule has 0 saturated carbocycles. The van der Waals surface area contributed by atoms with E-state index in [0.29, 0.717) is 30.8 Å². The SMILES string of the molecule is O=C1CCC(N2Cc3cc(OC4CCN(Cc5cnn(-c6ccc(OC(F)(F)F)c(F)c6)c5)C4)ccc3C2=O)C(=O)N1. The van der Waals surface area contributed by atoms with Crippen molar-refractivity contribution in [3.8, 4) is 17.2 Å². The summed E-state index contributed by atoms with van der Waals surface area (Å²) in [5.74, 6) is -2.48. The van der Waals surface area contributed by atoms with Crippen LogP contribution >= 0.6 is 0 Å². The second-order valence-electron chi connectivity index (χ2n) is 10.4. The first-order valence-corrected chi connectivity index (χ1v) is 13.3. The Labute approximate surface area is 236 Å². The topological polar surface area (TPSA) is 106 Å². The molecule has 3 amide bonds.